The van der Waals surface area contributed by atoms with Crippen molar-refractivity contribution in [1.82, 2.24) is 0 Å². The summed E-state index contributed by atoms with van der Waals surface area (Å²) in [5.74, 6) is 1.45. The van der Waals surface area contributed by atoms with Crippen LogP contribution in [0.15, 0.2) is 42.0 Å². The van der Waals surface area contributed by atoms with Gasteiger partial charge in [0.25, 0.3) is 0 Å². The van der Waals surface area contributed by atoms with Gasteiger partial charge in [-0.2, -0.15) is 0 Å². The molecule has 3 saturated carbocycles. The maximum atomic E-state index is 14.7. The van der Waals surface area contributed by atoms with Crippen LogP contribution in [0.2, 0.25) is 0 Å². The number of hydrogen-bond donors (Lipinski definition) is 1. The van der Waals surface area contributed by atoms with Gasteiger partial charge >= 0.3 is 5.97 Å². The predicted molar refractivity (Wildman–Crippen MR) is 205 cm³/mol. The van der Waals surface area contributed by atoms with E-state index in [1.807, 2.05) is 25.3 Å². The van der Waals surface area contributed by atoms with Crippen LogP contribution in [0.5, 0.6) is 0 Å². The number of benzene rings is 1. The zero-order chi connectivity index (χ0) is 37.4. The Kier molecular flexibility index (Phi) is 10.1. The number of carbonyl (C=O) groups excluding carboxylic acids is 1. The van der Waals surface area contributed by atoms with Gasteiger partial charge in [-0.1, -0.05) is 111 Å². The first-order valence-corrected chi connectivity index (χ1v) is 20.1. The molecule has 286 valence electrons. The van der Waals surface area contributed by atoms with Crippen molar-refractivity contribution in [3.05, 3.63) is 47.5 Å². The number of hydrogen-bond acceptors (Lipinski definition) is 6. The minimum Gasteiger partial charge on any atom is -0.461 e. The molecular weight excluding hydrogens is 634 g/mol. The molecule has 2 bridgehead atoms. The standard InChI is InChI=1S/C45H71NO5/c1-29(2)30(3)40(7)22-23-42(9)32-18-19-35-41(8)26-49-28-45(35,24-34(48-12)37(41)51-27-44(11,46)39(4,5)6)33(32)20-21-43(42,10)36(40)38(47)50-25-31-16-14-13-15-17-31/h13-17,20,29-30,32,34-37H,18-19,21-28,46H2,1-12H3/t30-,32+,34-,35+,36-,37+,40-,41+,42-,43+,44+,45+/m1/s1. The highest BCUT2D eigenvalue weighted by Gasteiger charge is 2.72. The molecule has 6 rings (SSSR count). The fourth-order valence-corrected chi connectivity index (χ4v) is 12.3. The van der Waals surface area contributed by atoms with Gasteiger partial charge < -0.3 is 24.7 Å². The Hall–Kier alpha value is -1.73. The summed E-state index contributed by atoms with van der Waals surface area (Å²) >= 11 is 0. The molecule has 0 aromatic heterocycles. The van der Waals surface area contributed by atoms with E-state index < -0.39 is 5.54 Å². The van der Waals surface area contributed by atoms with Gasteiger partial charge in [0.2, 0.25) is 0 Å². The Morgan fingerprint density at radius 2 is 1.67 bits per heavy atom. The molecule has 51 heavy (non-hydrogen) atoms. The van der Waals surface area contributed by atoms with Crippen LogP contribution in [-0.4, -0.2) is 50.6 Å². The van der Waals surface area contributed by atoms with Crippen molar-refractivity contribution in [3.63, 3.8) is 0 Å². The zero-order valence-corrected chi connectivity index (χ0v) is 34.2. The highest BCUT2D eigenvalue weighted by Crippen LogP contribution is 2.75. The molecule has 0 unspecified atom stereocenters. The quantitative estimate of drug-likeness (QED) is 0.204. The highest BCUT2D eigenvalue weighted by atomic mass is 16.5. The molecule has 2 N–H and O–H groups in total. The van der Waals surface area contributed by atoms with E-state index in [1.54, 1.807) is 5.57 Å². The number of rotatable bonds is 9. The molecule has 0 amide bonds. The van der Waals surface area contributed by atoms with E-state index in [9.17, 15) is 4.79 Å². The number of carbonyl (C=O) groups is 1. The van der Waals surface area contributed by atoms with Gasteiger partial charge in [0, 0.05) is 23.5 Å². The molecule has 1 aromatic rings. The van der Waals surface area contributed by atoms with Crippen LogP contribution < -0.4 is 5.73 Å². The second-order valence-corrected chi connectivity index (χ2v) is 20.5. The second-order valence-electron chi connectivity index (χ2n) is 20.5. The van der Waals surface area contributed by atoms with E-state index in [2.05, 4.69) is 94.4 Å². The predicted octanol–water partition coefficient (Wildman–Crippen LogP) is 9.40. The lowest BCUT2D eigenvalue weighted by atomic mass is 9.34. The number of fused-ring (bicyclic) bond motifs is 3. The van der Waals surface area contributed by atoms with Crippen LogP contribution in [0.3, 0.4) is 0 Å². The van der Waals surface area contributed by atoms with E-state index in [4.69, 9.17) is 24.7 Å². The third kappa shape index (κ3) is 5.91. The Morgan fingerprint density at radius 1 is 0.980 bits per heavy atom. The molecule has 4 fully saturated rings. The minimum absolute atomic E-state index is 0.0150. The molecule has 5 aliphatic rings. The molecule has 1 heterocycles. The highest BCUT2D eigenvalue weighted by molar-refractivity contribution is 5.75. The topological polar surface area (TPSA) is 80.0 Å². The van der Waals surface area contributed by atoms with Gasteiger partial charge in [-0.3, -0.25) is 4.79 Å². The summed E-state index contributed by atoms with van der Waals surface area (Å²) in [6.45, 7) is 27.7. The number of esters is 1. The fourth-order valence-electron chi connectivity index (χ4n) is 12.3. The summed E-state index contributed by atoms with van der Waals surface area (Å²) in [4.78, 5) is 14.7. The van der Waals surface area contributed by atoms with Crippen molar-refractivity contribution in [3.8, 4) is 0 Å². The van der Waals surface area contributed by atoms with Crippen LogP contribution in [0, 0.1) is 62.1 Å². The largest absolute Gasteiger partial charge is 0.461 e. The molecule has 1 aliphatic heterocycles. The van der Waals surface area contributed by atoms with Gasteiger partial charge in [-0.15, -0.1) is 0 Å². The Bertz CT molecular complexity index is 1460. The zero-order valence-electron chi connectivity index (χ0n) is 34.2. The number of allylic oxidation sites excluding steroid dienone is 1. The lowest BCUT2D eigenvalue weighted by molar-refractivity contribution is -0.270. The van der Waals surface area contributed by atoms with Crippen LogP contribution in [0.25, 0.3) is 0 Å². The average molecular weight is 706 g/mol. The maximum Gasteiger partial charge on any atom is 0.310 e. The monoisotopic (exact) mass is 706 g/mol. The molecule has 6 nitrogen and oxygen atoms in total. The van der Waals surface area contributed by atoms with E-state index in [1.165, 1.54) is 0 Å². The molecule has 4 aliphatic carbocycles. The SMILES string of the molecule is CO[C@@H]1C[C@@]23COC[C@@](C)([C@@H]2CC[C@H]2C3=CC[C@@]3(C)[C@H](C(=O)OCc4ccccc4)[C@@](C)([C@H](C)C(C)C)CC[C@]23C)[C@H]1OC[C@](C)(N)C(C)(C)C. The van der Waals surface area contributed by atoms with E-state index in [-0.39, 0.29) is 56.6 Å². The van der Waals surface area contributed by atoms with Gasteiger partial charge in [0.15, 0.2) is 0 Å². The molecule has 0 radical (unpaired) electrons. The summed E-state index contributed by atoms with van der Waals surface area (Å²) in [5.41, 5.74) is 8.16. The van der Waals surface area contributed by atoms with Crippen molar-refractivity contribution in [2.24, 2.45) is 67.8 Å². The molecule has 1 aromatic carbocycles. The third-order valence-corrected chi connectivity index (χ3v) is 16.9. The molecular formula is C45H71NO5. The number of ether oxygens (including phenoxy) is 4. The van der Waals surface area contributed by atoms with Gasteiger partial charge in [-0.25, -0.2) is 0 Å². The van der Waals surface area contributed by atoms with Crippen LogP contribution in [0.4, 0.5) is 0 Å². The van der Waals surface area contributed by atoms with Crippen molar-refractivity contribution in [1.29, 1.82) is 0 Å². The van der Waals surface area contributed by atoms with Gasteiger partial charge in [-0.05, 0) is 96.3 Å². The van der Waals surface area contributed by atoms with Crippen molar-refractivity contribution in [2.75, 3.05) is 26.9 Å². The van der Waals surface area contributed by atoms with Crippen molar-refractivity contribution >= 4 is 5.97 Å². The first kappa shape index (κ1) is 39.0. The summed E-state index contributed by atoms with van der Waals surface area (Å²) in [6, 6.07) is 10.2. The van der Waals surface area contributed by atoms with Crippen molar-refractivity contribution < 1.29 is 23.7 Å². The Morgan fingerprint density at radius 3 is 2.29 bits per heavy atom. The average Bonchev–Trinajstić information content (AvgIpc) is 3.06. The summed E-state index contributed by atoms with van der Waals surface area (Å²) in [7, 11) is 1.86. The smallest absolute Gasteiger partial charge is 0.310 e. The normalized spacial score (nSPS) is 42.5. The number of nitrogens with two attached hydrogens (primary N) is 1. The Balaban J connectivity index is 1.37. The Labute approximate surface area is 310 Å². The fraction of sp³-hybridized carbons (Fsp3) is 0.800. The maximum absolute atomic E-state index is 14.7. The van der Waals surface area contributed by atoms with Gasteiger partial charge in [0.05, 0.1) is 37.9 Å². The molecule has 12 atom stereocenters. The van der Waals surface area contributed by atoms with Crippen LogP contribution >= 0.6 is 0 Å². The lowest BCUT2D eigenvalue weighted by Gasteiger charge is -2.71. The summed E-state index contributed by atoms with van der Waals surface area (Å²) in [6.07, 6.45) is 8.63. The first-order valence-electron chi connectivity index (χ1n) is 20.1. The lowest BCUT2D eigenvalue weighted by Crippen LogP contribution is -2.70. The van der Waals surface area contributed by atoms with Gasteiger partial charge in [0.1, 0.15) is 6.61 Å². The molecule has 6 heteroatoms. The summed E-state index contributed by atoms with van der Waals surface area (Å²) in [5, 5.41) is 0. The van der Waals surface area contributed by atoms with Crippen LogP contribution in [-0.2, 0) is 30.3 Å². The van der Waals surface area contributed by atoms with E-state index in [0.29, 0.717) is 43.5 Å². The molecule has 0 spiro atoms. The number of methoxy groups -OCH3 is 1. The third-order valence-electron chi connectivity index (χ3n) is 16.9. The van der Waals surface area contributed by atoms with Crippen LogP contribution in [0.1, 0.15) is 120 Å². The van der Waals surface area contributed by atoms with Crippen molar-refractivity contribution in [2.45, 2.75) is 139 Å². The first-order chi connectivity index (χ1) is 23.7. The summed E-state index contributed by atoms with van der Waals surface area (Å²) < 4.78 is 26.4. The minimum atomic E-state index is -0.477. The van der Waals surface area contributed by atoms with E-state index in [0.717, 1.165) is 50.7 Å². The molecule has 1 saturated heterocycles. The van der Waals surface area contributed by atoms with E-state index >= 15 is 0 Å². The second kappa shape index (κ2) is 13.2.